The summed E-state index contributed by atoms with van der Waals surface area (Å²) in [6.45, 7) is 4.94. The smallest absolute Gasteiger partial charge is 0.0575 e. The van der Waals surface area contributed by atoms with E-state index in [2.05, 4.69) is 25.1 Å². The van der Waals surface area contributed by atoms with Crippen molar-refractivity contribution in [3.63, 3.8) is 0 Å². The Bertz CT molecular complexity index is 80.9. The Labute approximate surface area is 51.5 Å². The predicted octanol–water partition coefficient (Wildman–Crippen LogP) is 1.01. The highest BCUT2D eigenvalue weighted by Crippen LogP contribution is 1.84. The highest BCUT2D eigenvalue weighted by atomic mass is 14.9. The summed E-state index contributed by atoms with van der Waals surface area (Å²) in [4.78, 5) is 0. The van der Waals surface area contributed by atoms with Crippen LogP contribution < -0.4 is 5.32 Å². The monoisotopic (exact) mass is 111 g/mol. The molecule has 0 aromatic rings. The normalized spacial score (nSPS) is 12.6. The molecule has 8 heavy (non-hydrogen) atoms. The van der Waals surface area contributed by atoms with Gasteiger partial charge in [-0.2, -0.15) is 0 Å². The van der Waals surface area contributed by atoms with Crippen molar-refractivity contribution in [2.24, 2.45) is 0 Å². The summed E-state index contributed by atoms with van der Waals surface area (Å²) in [5.41, 5.74) is 0. The SMILES string of the molecule is C#CCN[C@@H](C)CC. The second-order valence-corrected chi connectivity index (χ2v) is 1.89. The first-order valence-corrected chi connectivity index (χ1v) is 2.98. The number of terminal acetylenes is 1. The third-order valence-electron chi connectivity index (χ3n) is 1.16. The van der Waals surface area contributed by atoms with Crippen molar-refractivity contribution in [3.8, 4) is 12.3 Å². The summed E-state index contributed by atoms with van der Waals surface area (Å²) >= 11 is 0. The van der Waals surface area contributed by atoms with E-state index in [0.717, 1.165) is 6.42 Å². The van der Waals surface area contributed by atoms with Gasteiger partial charge in [0.1, 0.15) is 0 Å². The van der Waals surface area contributed by atoms with E-state index >= 15 is 0 Å². The Morgan fingerprint density at radius 2 is 2.38 bits per heavy atom. The van der Waals surface area contributed by atoms with Gasteiger partial charge in [0.15, 0.2) is 0 Å². The quantitative estimate of drug-likeness (QED) is 0.536. The predicted molar refractivity (Wildman–Crippen MR) is 36.6 cm³/mol. The van der Waals surface area contributed by atoms with E-state index in [1.165, 1.54) is 0 Å². The third kappa shape index (κ3) is 3.70. The van der Waals surface area contributed by atoms with Crippen molar-refractivity contribution >= 4 is 0 Å². The van der Waals surface area contributed by atoms with Crippen LogP contribution in [0.2, 0.25) is 0 Å². The van der Waals surface area contributed by atoms with Gasteiger partial charge in [-0.15, -0.1) is 6.42 Å². The minimum Gasteiger partial charge on any atom is -0.304 e. The summed E-state index contributed by atoms with van der Waals surface area (Å²) in [6, 6.07) is 0.561. The van der Waals surface area contributed by atoms with Gasteiger partial charge >= 0.3 is 0 Å². The maximum atomic E-state index is 5.02. The molecular formula is C7H13N. The lowest BCUT2D eigenvalue weighted by Crippen LogP contribution is -2.24. The highest BCUT2D eigenvalue weighted by molar-refractivity contribution is 4.87. The largest absolute Gasteiger partial charge is 0.304 e. The lowest BCUT2D eigenvalue weighted by Gasteiger charge is -2.06. The van der Waals surface area contributed by atoms with Crippen molar-refractivity contribution < 1.29 is 0 Å². The molecule has 1 atom stereocenters. The fourth-order valence-corrected chi connectivity index (χ4v) is 0.377. The van der Waals surface area contributed by atoms with E-state index in [9.17, 15) is 0 Å². The molecule has 0 fully saturated rings. The average Bonchev–Trinajstić information content (AvgIpc) is 1.83. The highest BCUT2D eigenvalue weighted by Gasteiger charge is 1.91. The van der Waals surface area contributed by atoms with Crippen molar-refractivity contribution in [1.82, 2.24) is 5.32 Å². The van der Waals surface area contributed by atoms with Gasteiger partial charge < -0.3 is 5.32 Å². The molecular weight excluding hydrogens is 98.1 g/mol. The van der Waals surface area contributed by atoms with Gasteiger partial charge in [0.05, 0.1) is 6.54 Å². The Balaban J connectivity index is 3.01. The van der Waals surface area contributed by atoms with E-state index in [0.29, 0.717) is 12.6 Å². The third-order valence-corrected chi connectivity index (χ3v) is 1.16. The molecule has 0 rings (SSSR count). The van der Waals surface area contributed by atoms with Crippen molar-refractivity contribution in [2.75, 3.05) is 6.54 Å². The molecule has 0 saturated heterocycles. The molecule has 0 aromatic heterocycles. The molecule has 1 heteroatoms. The van der Waals surface area contributed by atoms with Crippen LogP contribution in [-0.2, 0) is 0 Å². The minimum atomic E-state index is 0.561. The maximum Gasteiger partial charge on any atom is 0.0575 e. The zero-order valence-electron chi connectivity index (χ0n) is 5.57. The molecule has 0 aliphatic heterocycles. The topological polar surface area (TPSA) is 12.0 Å². The minimum absolute atomic E-state index is 0.561. The van der Waals surface area contributed by atoms with E-state index in [4.69, 9.17) is 6.42 Å². The van der Waals surface area contributed by atoms with Crippen LogP contribution in [0.3, 0.4) is 0 Å². The number of hydrogen-bond acceptors (Lipinski definition) is 1. The van der Waals surface area contributed by atoms with Crippen molar-refractivity contribution in [1.29, 1.82) is 0 Å². The zero-order chi connectivity index (χ0) is 6.41. The van der Waals surface area contributed by atoms with E-state index in [1.807, 2.05) is 0 Å². The van der Waals surface area contributed by atoms with Gasteiger partial charge in [0, 0.05) is 6.04 Å². The van der Waals surface area contributed by atoms with Gasteiger partial charge in [-0.25, -0.2) is 0 Å². The van der Waals surface area contributed by atoms with E-state index in [-0.39, 0.29) is 0 Å². The van der Waals surface area contributed by atoms with Gasteiger partial charge in [-0.3, -0.25) is 0 Å². The number of rotatable bonds is 3. The summed E-state index contributed by atoms with van der Waals surface area (Å²) < 4.78 is 0. The summed E-state index contributed by atoms with van der Waals surface area (Å²) in [7, 11) is 0. The molecule has 0 radical (unpaired) electrons. The van der Waals surface area contributed by atoms with Crippen molar-refractivity contribution in [2.45, 2.75) is 26.3 Å². The van der Waals surface area contributed by atoms with Crippen LogP contribution in [-0.4, -0.2) is 12.6 Å². The molecule has 1 N–H and O–H groups in total. The van der Waals surface area contributed by atoms with Crippen LogP contribution >= 0.6 is 0 Å². The van der Waals surface area contributed by atoms with E-state index < -0.39 is 0 Å². The number of nitrogens with one attached hydrogen (secondary N) is 1. The van der Waals surface area contributed by atoms with Crippen LogP contribution in [0.5, 0.6) is 0 Å². The summed E-state index contributed by atoms with van der Waals surface area (Å²) in [6.07, 6.45) is 6.16. The molecule has 0 saturated carbocycles. The summed E-state index contributed by atoms with van der Waals surface area (Å²) in [5, 5.41) is 3.15. The molecule has 0 bridgehead atoms. The molecule has 0 aliphatic carbocycles. The first-order chi connectivity index (χ1) is 3.81. The molecule has 0 spiro atoms. The second kappa shape index (κ2) is 4.67. The molecule has 1 nitrogen and oxygen atoms in total. The Hall–Kier alpha value is -0.480. The molecule has 0 amide bonds. The Kier molecular flexibility index (Phi) is 4.39. The van der Waals surface area contributed by atoms with E-state index in [1.54, 1.807) is 0 Å². The molecule has 0 heterocycles. The fourth-order valence-electron chi connectivity index (χ4n) is 0.377. The zero-order valence-corrected chi connectivity index (χ0v) is 5.57. The maximum absolute atomic E-state index is 5.02. The van der Waals surface area contributed by atoms with Gasteiger partial charge in [0.25, 0.3) is 0 Å². The van der Waals surface area contributed by atoms with Gasteiger partial charge in [-0.05, 0) is 13.3 Å². The molecule has 0 aliphatic rings. The molecule has 46 valence electrons. The summed E-state index contributed by atoms with van der Waals surface area (Å²) in [5.74, 6) is 2.52. The molecule has 0 unspecified atom stereocenters. The number of hydrogen-bond donors (Lipinski definition) is 1. The van der Waals surface area contributed by atoms with Crippen LogP contribution in [0.1, 0.15) is 20.3 Å². The van der Waals surface area contributed by atoms with Crippen LogP contribution in [0.4, 0.5) is 0 Å². The van der Waals surface area contributed by atoms with Crippen LogP contribution in [0.25, 0.3) is 0 Å². The second-order valence-electron chi connectivity index (χ2n) is 1.89. The van der Waals surface area contributed by atoms with Gasteiger partial charge in [-0.1, -0.05) is 12.8 Å². The molecule has 0 aromatic carbocycles. The van der Waals surface area contributed by atoms with Crippen LogP contribution in [0, 0.1) is 12.3 Å². The lowest BCUT2D eigenvalue weighted by atomic mass is 10.3. The van der Waals surface area contributed by atoms with Gasteiger partial charge in [0.2, 0.25) is 0 Å². The fraction of sp³-hybridized carbons (Fsp3) is 0.714. The van der Waals surface area contributed by atoms with Crippen LogP contribution in [0.15, 0.2) is 0 Å². The first kappa shape index (κ1) is 7.52. The first-order valence-electron chi connectivity index (χ1n) is 2.98. The lowest BCUT2D eigenvalue weighted by molar-refractivity contribution is 0.572. The van der Waals surface area contributed by atoms with Crippen molar-refractivity contribution in [3.05, 3.63) is 0 Å². The Morgan fingerprint density at radius 3 is 2.75 bits per heavy atom. The average molecular weight is 111 g/mol. The Morgan fingerprint density at radius 1 is 1.75 bits per heavy atom. The standard InChI is InChI=1S/C7H13N/c1-4-6-8-7(3)5-2/h1,7-8H,5-6H2,2-3H3/t7-/m0/s1.